The van der Waals surface area contributed by atoms with Crippen LogP contribution in [0.25, 0.3) is 0 Å². The standard InChI is InChI=1S/C12H23N3O/c1-11(2)12(9-13,10-16-3)15-7-4-5-14-6-8-15/h11,14H,4-8,10H2,1-3H3. The van der Waals surface area contributed by atoms with E-state index in [2.05, 4.69) is 30.1 Å². The Hall–Kier alpha value is -0.630. The zero-order valence-corrected chi connectivity index (χ0v) is 10.6. The van der Waals surface area contributed by atoms with Crippen LogP contribution in [0.4, 0.5) is 0 Å². The molecular formula is C12H23N3O. The van der Waals surface area contributed by atoms with Gasteiger partial charge < -0.3 is 10.1 Å². The lowest BCUT2D eigenvalue weighted by Gasteiger charge is -2.40. The molecule has 0 aromatic heterocycles. The smallest absolute Gasteiger partial charge is 0.135 e. The maximum atomic E-state index is 9.53. The number of methoxy groups -OCH3 is 1. The van der Waals surface area contributed by atoms with Gasteiger partial charge in [-0.2, -0.15) is 5.26 Å². The third kappa shape index (κ3) is 2.73. The molecule has 92 valence electrons. The zero-order valence-electron chi connectivity index (χ0n) is 10.6. The molecule has 0 aromatic carbocycles. The van der Waals surface area contributed by atoms with Gasteiger partial charge in [-0.3, -0.25) is 4.90 Å². The Balaban J connectivity index is 2.84. The Morgan fingerprint density at radius 3 is 2.75 bits per heavy atom. The minimum atomic E-state index is -0.471. The summed E-state index contributed by atoms with van der Waals surface area (Å²) >= 11 is 0. The van der Waals surface area contributed by atoms with E-state index in [1.807, 2.05) is 0 Å². The quantitative estimate of drug-likeness (QED) is 0.770. The first-order chi connectivity index (χ1) is 7.67. The fraction of sp³-hybridized carbons (Fsp3) is 0.917. The summed E-state index contributed by atoms with van der Waals surface area (Å²) in [5.74, 6) is 0.274. The van der Waals surface area contributed by atoms with Gasteiger partial charge in [0, 0.05) is 26.7 Å². The van der Waals surface area contributed by atoms with Gasteiger partial charge in [-0.1, -0.05) is 13.8 Å². The van der Waals surface area contributed by atoms with Crippen LogP contribution in [0.15, 0.2) is 0 Å². The molecule has 4 heteroatoms. The highest BCUT2D eigenvalue weighted by molar-refractivity contribution is 5.11. The topological polar surface area (TPSA) is 48.3 Å². The number of nitrogens with zero attached hydrogens (tertiary/aromatic N) is 2. The predicted molar refractivity (Wildman–Crippen MR) is 64.1 cm³/mol. The van der Waals surface area contributed by atoms with Gasteiger partial charge in [0.2, 0.25) is 0 Å². The second-order valence-corrected chi connectivity index (χ2v) is 4.71. The van der Waals surface area contributed by atoms with Crippen molar-refractivity contribution in [3.8, 4) is 6.07 Å². The van der Waals surface area contributed by atoms with E-state index in [1.165, 1.54) is 0 Å². The van der Waals surface area contributed by atoms with Crippen LogP contribution in [0.1, 0.15) is 20.3 Å². The lowest BCUT2D eigenvalue weighted by molar-refractivity contribution is 0.0203. The zero-order chi connectivity index (χ0) is 12.0. The first kappa shape index (κ1) is 13.4. The van der Waals surface area contributed by atoms with Gasteiger partial charge in [0.15, 0.2) is 0 Å². The van der Waals surface area contributed by atoms with Crippen LogP contribution in [0, 0.1) is 17.2 Å². The summed E-state index contributed by atoms with van der Waals surface area (Å²) in [6, 6.07) is 2.49. The SMILES string of the molecule is COCC(C#N)(C(C)C)N1CCCNCC1. The number of nitrogens with one attached hydrogen (secondary N) is 1. The number of hydrogen-bond donors (Lipinski definition) is 1. The van der Waals surface area contributed by atoms with Crippen molar-refractivity contribution < 1.29 is 4.74 Å². The van der Waals surface area contributed by atoms with Gasteiger partial charge >= 0.3 is 0 Å². The monoisotopic (exact) mass is 225 g/mol. The summed E-state index contributed by atoms with van der Waals surface area (Å²) in [6.07, 6.45) is 1.10. The molecule has 1 aliphatic rings. The Morgan fingerprint density at radius 2 is 2.19 bits per heavy atom. The molecular weight excluding hydrogens is 202 g/mol. The van der Waals surface area contributed by atoms with Crippen LogP contribution >= 0.6 is 0 Å². The minimum Gasteiger partial charge on any atom is -0.382 e. The number of nitriles is 1. The van der Waals surface area contributed by atoms with Crippen molar-refractivity contribution in [3.63, 3.8) is 0 Å². The lowest BCUT2D eigenvalue weighted by atomic mass is 9.86. The second kappa shape index (κ2) is 6.19. The highest BCUT2D eigenvalue weighted by atomic mass is 16.5. The Labute approximate surface area is 98.6 Å². The minimum absolute atomic E-state index is 0.274. The van der Waals surface area contributed by atoms with Crippen molar-refractivity contribution in [3.05, 3.63) is 0 Å². The first-order valence-electron chi connectivity index (χ1n) is 6.03. The van der Waals surface area contributed by atoms with Crippen molar-refractivity contribution in [2.75, 3.05) is 39.9 Å². The summed E-state index contributed by atoms with van der Waals surface area (Å²) in [6.45, 7) is 8.59. The summed E-state index contributed by atoms with van der Waals surface area (Å²) in [5, 5.41) is 12.9. The van der Waals surface area contributed by atoms with Crippen molar-refractivity contribution >= 4 is 0 Å². The molecule has 0 spiro atoms. The highest BCUT2D eigenvalue weighted by Crippen LogP contribution is 2.25. The molecule has 0 bridgehead atoms. The van der Waals surface area contributed by atoms with Gasteiger partial charge in [-0.15, -0.1) is 0 Å². The third-order valence-electron chi connectivity index (χ3n) is 3.42. The van der Waals surface area contributed by atoms with Gasteiger partial charge in [-0.05, 0) is 18.9 Å². The van der Waals surface area contributed by atoms with Crippen LogP contribution in [-0.4, -0.2) is 50.3 Å². The maximum Gasteiger partial charge on any atom is 0.135 e. The molecule has 0 aliphatic carbocycles. The molecule has 1 saturated heterocycles. The fourth-order valence-electron chi connectivity index (χ4n) is 2.32. The molecule has 0 amide bonds. The van der Waals surface area contributed by atoms with E-state index < -0.39 is 5.54 Å². The summed E-state index contributed by atoms with van der Waals surface area (Å²) in [7, 11) is 1.67. The van der Waals surface area contributed by atoms with Gasteiger partial charge in [-0.25, -0.2) is 0 Å². The average Bonchev–Trinajstić information content (AvgIpc) is 2.54. The predicted octanol–water partition coefficient (Wildman–Crippen LogP) is 0.846. The summed E-state index contributed by atoms with van der Waals surface area (Å²) < 4.78 is 5.27. The molecule has 1 rings (SSSR count). The third-order valence-corrected chi connectivity index (χ3v) is 3.42. The van der Waals surface area contributed by atoms with Crippen molar-refractivity contribution in [2.45, 2.75) is 25.8 Å². The molecule has 1 aliphatic heterocycles. The molecule has 0 radical (unpaired) electrons. The van der Waals surface area contributed by atoms with Gasteiger partial charge in [0.05, 0.1) is 12.7 Å². The van der Waals surface area contributed by atoms with Crippen LogP contribution in [-0.2, 0) is 4.74 Å². The number of hydrogen-bond acceptors (Lipinski definition) is 4. The molecule has 1 atom stereocenters. The summed E-state index contributed by atoms with van der Waals surface area (Å²) in [4.78, 5) is 2.28. The second-order valence-electron chi connectivity index (χ2n) is 4.71. The molecule has 1 fully saturated rings. The van der Waals surface area contributed by atoms with E-state index >= 15 is 0 Å². The van der Waals surface area contributed by atoms with E-state index in [0.717, 1.165) is 32.6 Å². The van der Waals surface area contributed by atoms with Crippen LogP contribution < -0.4 is 5.32 Å². The molecule has 0 aromatic rings. The number of ether oxygens (including phenoxy) is 1. The molecule has 0 saturated carbocycles. The van der Waals surface area contributed by atoms with E-state index in [4.69, 9.17) is 4.74 Å². The number of rotatable bonds is 4. The highest BCUT2D eigenvalue weighted by Gasteiger charge is 2.40. The Morgan fingerprint density at radius 1 is 1.44 bits per heavy atom. The van der Waals surface area contributed by atoms with Crippen LogP contribution in [0.2, 0.25) is 0 Å². The van der Waals surface area contributed by atoms with Crippen molar-refractivity contribution in [1.29, 1.82) is 5.26 Å². The average molecular weight is 225 g/mol. The van der Waals surface area contributed by atoms with Crippen molar-refractivity contribution in [1.82, 2.24) is 10.2 Å². The van der Waals surface area contributed by atoms with Gasteiger partial charge in [0.25, 0.3) is 0 Å². The van der Waals surface area contributed by atoms with E-state index in [1.54, 1.807) is 7.11 Å². The molecule has 1 N–H and O–H groups in total. The molecule has 1 heterocycles. The van der Waals surface area contributed by atoms with Crippen molar-refractivity contribution in [2.24, 2.45) is 5.92 Å². The largest absolute Gasteiger partial charge is 0.382 e. The summed E-state index contributed by atoms with van der Waals surface area (Å²) in [5.41, 5.74) is -0.471. The molecule has 4 nitrogen and oxygen atoms in total. The normalized spacial score (nSPS) is 22.4. The molecule has 16 heavy (non-hydrogen) atoms. The van der Waals surface area contributed by atoms with E-state index in [-0.39, 0.29) is 5.92 Å². The Kier molecular flexibility index (Phi) is 5.20. The van der Waals surface area contributed by atoms with Gasteiger partial charge in [0.1, 0.15) is 5.54 Å². The molecule has 1 unspecified atom stereocenters. The Bertz CT molecular complexity index is 241. The fourth-order valence-corrected chi connectivity index (χ4v) is 2.32. The first-order valence-corrected chi connectivity index (χ1v) is 6.03. The van der Waals surface area contributed by atoms with Crippen LogP contribution in [0.3, 0.4) is 0 Å². The lowest BCUT2D eigenvalue weighted by Crippen LogP contribution is -2.55. The maximum absolute atomic E-state index is 9.53. The van der Waals surface area contributed by atoms with Crippen LogP contribution in [0.5, 0.6) is 0 Å². The van der Waals surface area contributed by atoms with E-state index in [0.29, 0.717) is 6.61 Å². The van der Waals surface area contributed by atoms with E-state index in [9.17, 15) is 5.26 Å².